The van der Waals surface area contributed by atoms with Crippen LogP contribution in [0, 0.1) is 0 Å². The molecule has 0 rings (SSSR count). The molecule has 0 aliphatic heterocycles. The van der Waals surface area contributed by atoms with E-state index in [2.05, 4.69) is 20.8 Å². The molecule has 0 unspecified atom stereocenters. The fraction of sp³-hybridized carbons (Fsp3) is 1.00. The molecule has 0 radical (unpaired) electrons. The van der Waals surface area contributed by atoms with Crippen molar-refractivity contribution < 1.29 is 0 Å². The molecule has 0 fully saturated rings. The van der Waals surface area contributed by atoms with Gasteiger partial charge in [0, 0.05) is 5.54 Å². The molecule has 14 heavy (non-hydrogen) atoms. The van der Waals surface area contributed by atoms with E-state index in [0.717, 1.165) is 0 Å². The van der Waals surface area contributed by atoms with Gasteiger partial charge in [-0.15, -0.1) is 17.0 Å². The van der Waals surface area contributed by atoms with Crippen molar-refractivity contribution in [3.63, 3.8) is 0 Å². The first-order valence-electron chi connectivity index (χ1n) is 5.85. The number of nitrogens with two attached hydrogens (primary N) is 1. The molecular formula is C12H28BrN. The average molecular weight is 266 g/mol. The van der Waals surface area contributed by atoms with E-state index in [1.165, 1.54) is 51.4 Å². The van der Waals surface area contributed by atoms with Crippen molar-refractivity contribution in [3.8, 4) is 0 Å². The maximum atomic E-state index is 5.90. The molecule has 0 saturated carbocycles. The third-order valence-electron chi connectivity index (χ3n) is 2.42. The molecule has 0 aromatic rings. The first-order valence-corrected chi connectivity index (χ1v) is 5.85. The van der Waals surface area contributed by atoms with E-state index in [4.69, 9.17) is 5.73 Å². The molecule has 0 heterocycles. The molecule has 88 valence electrons. The maximum absolute atomic E-state index is 5.90. The second-order valence-corrected chi connectivity index (χ2v) is 4.86. The normalized spacial score (nSPS) is 11.1. The fourth-order valence-corrected chi connectivity index (χ4v) is 1.54. The Bertz CT molecular complexity index is 107. The molecule has 0 saturated heterocycles. The Balaban J connectivity index is 0. The van der Waals surface area contributed by atoms with Gasteiger partial charge >= 0.3 is 0 Å². The van der Waals surface area contributed by atoms with E-state index in [1.807, 2.05) is 0 Å². The summed E-state index contributed by atoms with van der Waals surface area (Å²) in [5, 5.41) is 0. The standard InChI is InChI=1S/C12H27N.BrH/c1-4-5-6-7-8-9-10-11-12(2,3)13;/h4-11,13H2,1-3H3;1H. The minimum Gasteiger partial charge on any atom is -0.326 e. The molecule has 0 aliphatic carbocycles. The Morgan fingerprint density at radius 3 is 1.71 bits per heavy atom. The molecule has 0 atom stereocenters. The van der Waals surface area contributed by atoms with Crippen molar-refractivity contribution in [2.75, 3.05) is 0 Å². The number of hydrogen-bond acceptors (Lipinski definition) is 1. The highest BCUT2D eigenvalue weighted by atomic mass is 79.9. The molecule has 0 aromatic carbocycles. The Kier molecular flexibility index (Phi) is 12.0. The molecule has 0 bridgehead atoms. The van der Waals surface area contributed by atoms with Gasteiger partial charge in [-0.25, -0.2) is 0 Å². The molecule has 2 N–H and O–H groups in total. The van der Waals surface area contributed by atoms with Crippen molar-refractivity contribution >= 4 is 17.0 Å². The molecule has 2 heteroatoms. The van der Waals surface area contributed by atoms with Gasteiger partial charge in [-0.05, 0) is 20.3 Å². The van der Waals surface area contributed by atoms with Crippen LogP contribution in [0.25, 0.3) is 0 Å². The zero-order valence-electron chi connectivity index (χ0n) is 10.1. The largest absolute Gasteiger partial charge is 0.326 e. The Hall–Kier alpha value is 0.440. The first-order chi connectivity index (χ1) is 6.06. The van der Waals surface area contributed by atoms with E-state index in [-0.39, 0.29) is 22.5 Å². The highest BCUT2D eigenvalue weighted by molar-refractivity contribution is 8.93. The second-order valence-electron chi connectivity index (χ2n) is 4.86. The van der Waals surface area contributed by atoms with Gasteiger partial charge in [-0.1, -0.05) is 51.9 Å². The zero-order valence-corrected chi connectivity index (χ0v) is 11.9. The number of rotatable bonds is 8. The van der Waals surface area contributed by atoms with Gasteiger partial charge in [0.05, 0.1) is 0 Å². The predicted octanol–water partition coefficient (Wildman–Crippen LogP) is 4.44. The number of hydrogen-bond donors (Lipinski definition) is 1. The highest BCUT2D eigenvalue weighted by Crippen LogP contribution is 2.13. The Morgan fingerprint density at radius 2 is 1.29 bits per heavy atom. The SMILES string of the molecule is Br.CCCCCCCCCC(C)(C)N. The fourth-order valence-electron chi connectivity index (χ4n) is 1.54. The lowest BCUT2D eigenvalue weighted by molar-refractivity contribution is 0.441. The van der Waals surface area contributed by atoms with Crippen LogP contribution in [0.4, 0.5) is 0 Å². The van der Waals surface area contributed by atoms with Crippen LogP contribution in [0.5, 0.6) is 0 Å². The van der Waals surface area contributed by atoms with Gasteiger partial charge in [0.1, 0.15) is 0 Å². The van der Waals surface area contributed by atoms with Crippen LogP contribution < -0.4 is 5.73 Å². The van der Waals surface area contributed by atoms with Crippen LogP contribution in [0.3, 0.4) is 0 Å². The lowest BCUT2D eigenvalue weighted by Gasteiger charge is -2.17. The molecule has 0 spiro atoms. The minimum atomic E-state index is 0. The van der Waals surface area contributed by atoms with Gasteiger partial charge in [-0.3, -0.25) is 0 Å². The molecule has 0 aliphatic rings. The summed E-state index contributed by atoms with van der Waals surface area (Å²) in [5.74, 6) is 0. The summed E-state index contributed by atoms with van der Waals surface area (Å²) >= 11 is 0. The van der Waals surface area contributed by atoms with Crippen molar-refractivity contribution in [1.29, 1.82) is 0 Å². The van der Waals surface area contributed by atoms with Crippen molar-refractivity contribution in [2.45, 2.75) is 77.7 Å². The number of halogens is 1. The van der Waals surface area contributed by atoms with Gasteiger partial charge in [0.2, 0.25) is 0 Å². The van der Waals surface area contributed by atoms with Gasteiger partial charge < -0.3 is 5.73 Å². The average Bonchev–Trinajstić information content (AvgIpc) is 2.01. The molecule has 0 amide bonds. The summed E-state index contributed by atoms with van der Waals surface area (Å²) in [5.41, 5.74) is 5.94. The summed E-state index contributed by atoms with van der Waals surface area (Å²) < 4.78 is 0. The van der Waals surface area contributed by atoms with E-state index in [1.54, 1.807) is 0 Å². The van der Waals surface area contributed by atoms with E-state index < -0.39 is 0 Å². The molecule has 0 aromatic heterocycles. The number of unbranched alkanes of at least 4 members (excludes halogenated alkanes) is 6. The van der Waals surface area contributed by atoms with Gasteiger partial charge in [0.25, 0.3) is 0 Å². The monoisotopic (exact) mass is 265 g/mol. The summed E-state index contributed by atoms with van der Waals surface area (Å²) in [6.07, 6.45) is 10.8. The van der Waals surface area contributed by atoms with Gasteiger partial charge in [0.15, 0.2) is 0 Å². The van der Waals surface area contributed by atoms with Gasteiger partial charge in [-0.2, -0.15) is 0 Å². The van der Waals surface area contributed by atoms with E-state index in [0.29, 0.717) is 0 Å². The van der Waals surface area contributed by atoms with Crippen LogP contribution in [0.15, 0.2) is 0 Å². The lowest BCUT2D eigenvalue weighted by atomic mass is 9.97. The third kappa shape index (κ3) is 14.9. The Morgan fingerprint density at radius 1 is 0.857 bits per heavy atom. The summed E-state index contributed by atoms with van der Waals surface area (Å²) in [6.45, 7) is 6.49. The van der Waals surface area contributed by atoms with Crippen LogP contribution in [-0.2, 0) is 0 Å². The summed E-state index contributed by atoms with van der Waals surface area (Å²) in [6, 6.07) is 0. The predicted molar refractivity (Wildman–Crippen MR) is 71.2 cm³/mol. The van der Waals surface area contributed by atoms with Crippen molar-refractivity contribution in [3.05, 3.63) is 0 Å². The van der Waals surface area contributed by atoms with Crippen LogP contribution in [0.1, 0.15) is 72.1 Å². The Labute approximate surface area is 101 Å². The molecular weight excluding hydrogens is 238 g/mol. The van der Waals surface area contributed by atoms with Crippen LogP contribution in [0.2, 0.25) is 0 Å². The first kappa shape index (κ1) is 16.9. The second kappa shape index (κ2) is 9.97. The van der Waals surface area contributed by atoms with Crippen LogP contribution >= 0.6 is 17.0 Å². The quantitative estimate of drug-likeness (QED) is 0.646. The summed E-state index contributed by atoms with van der Waals surface area (Å²) in [4.78, 5) is 0. The smallest absolute Gasteiger partial charge is 0.00970 e. The van der Waals surface area contributed by atoms with Crippen LogP contribution in [-0.4, -0.2) is 5.54 Å². The molecule has 1 nitrogen and oxygen atoms in total. The summed E-state index contributed by atoms with van der Waals surface area (Å²) in [7, 11) is 0. The van der Waals surface area contributed by atoms with E-state index >= 15 is 0 Å². The topological polar surface area (TPSA) is 26.0 Å². The van der Waals surface area contributed by atoms with Crippen molar-refractivity contribution in [2.24, 2.45) is 5.73 Å². The zero-order chi connectivity index (χ0) is 10.2. The maximum Gasteiger partial charge on any atom is 0.00970 e. The highest BCUT2D eigenvalue weighted by Gasteiger charge is 2.08. The lowest BCUT2D eigenvalue weighted by Crippen LogP contribution is -2.31. The van der Waals surface area contributed by atoms with Crippen molar-refractivity contribution in [1.82, 2.24) is 0 Å². The van der Waals surface area contributed by atoms with E-state index in [9.17, 15) is 0 Å². The minimum absolute atomic E-state index is 0. The third-order valence-corrected chi connectivity index (χ3v) is 2.42.